The van der Waals surface area contributed by atoms with E-state index in [2.05, 4.69) is 25.5 Å². The van der Waals surface area contributed by atoms with Gasteiger partial charge in [0.2, 0.25) is 15.9 Å². The van der Waals surface area contributed by atoms with Crippen LogP contribution in [0, 0.1) is 6.92 Å². The van der Waals surface area contributed by atoms with E-state index in [1.54, 1.807) is 30.5 Å². The molecule has 34 heavy (non-hydrogen) atoms. The van der Waals surface area contributed by atoms with Gasteiger partial charge in [-0.15, -0.1) is 10.2 Å². The first-order chi connectivity index (χ1) is 16.5. The number of hydrogen-bond donors (Lipinski definition) is 1. The second-order valence-corrected chi connectivity index (χ2v) is 10.0. The first kappa shape index (κ1) is 22.3. The van der Waals surface area contributed by atoms with Gasteiger partial charge in [0.05, 0.1) is 22.5 Å². The van der Waals surface area contributed by atoms with Crippen LogP contribution < -0.4 is 5.32 Å². The zero-order valence-corrected chi connectivity index (χ0v) is 19.7. The Balaban J connectivity index is 1.41. The summed E-state index contributed by atoms with van der Waals surface area (Å²) in [6.45, 7) is 3.75. The first-order valence-electron chi connectivity index (χ1n) is 11.0. The van der Waals surface area contributed by atoms with E-state index in [-0.39, 0.29) is 10.8 Å². The Bertz CT molecular complexity index is 1410. The molecule has 0 saturated carbocycles. The normalized spacial score (nSPS) is 14.2. The summed E-state index contributed by atoms with van der Waals surface area (Å²) in [6.07, 6.45) is 2.55. The molecule has 1 aliphatic heterocycles. The highest BCUT2D eigenvalue weighted by molar-refractivity contribution is 7.89. The molecule has 174 valence electrons. The summed E-state index contributed by atoms with van der Waals surface area (Å²) in [5.41, 5.74) is 4.45. The standard InChI is InChI=1S/C24H24N6O3S/c1-16-22(24-29-28-23(33-24)19-6-4-17(5-7-19)14-25-2)27-21(15-26-16)18-8-10-20(11-9-18)34(31,32)30-12-3-13-30/h4-11,15,25H,3,12-14H2,1-2H3. The van der Waals surface area contributed by atoms with Crippen LogP contribution >= 0.6 is 0 Å². The number of hydrogen-bond acceptors (Lipinski definition) is 8. The van der Waals surface area contributed by atoms with Gasteiger partial charge in [-0.2, -0.15) is 4.31 Å². The molecule has 0 spiro atoms. The number of rotatable bonds is 7. The highest BCUT2D eigenvalue weighted by Gasteiger charge is 2.29. The fourth-order valence-corrected chi connectivity index (χ4v) is 5.19. The van der Waals surface area contributed by atoms with E-state index >= 15 is 0 Å². The summed E-state index contributed by atoms with van der Waals surface area (Å²) < 4.78 is 32.6. The maximum atomic E-state index is 12.6. The molecule has 0 unspecified atom stereocenters. The third-order valence-corrected chi connectivity index (χ3v) is 7.68. The first-order valence-corrected chi connectivity index (χ1v) is 12.4. The van der Waals surface area contributed by atoms with Crippen LogP contribution in [-0.4, -0.2) is 53.0 Å². The fraction of sp³-hybridized carbons (Fsp3) is 0.250. The highest BCUT2D eigenvalue weighted by atomic mass is 32.2. The Kier molecular flexibility index (Phi) is 5.94. The van der Waals surface area contributed by atoms with Crippen LogP contribution in [0.1, 0.15) is 17.7 Å². The van der Waals surface area contributed by atoms with Gasteiger partial charge in [-0.1, -0.05) is 24.3 Å². The summed E-state index contributed by atoms with van der Waals surface area (Å²) in [5, 5.41) is 11.5. The van der Waals surface area contributed by atoms with Crippen LogP contribution in [0.3, 0.4) is 0 Å². The predicted octanol–water partition coefficient (Wildman–Crippen LogP) is 3.28. The highest BCUT2D eigenvalue weighted by Crippen LogP contribution is 2.28. The maximum Gasteiger partial charge on any atom is 0.268 e. The van der Waals surface area contributed by atoms with Crippen molar-refractivity contribution in [1.82, 2.24) is 29.8 Å². The molecule has 0 radical (unpaired) electrons. The molecule has 10 heteroatoms. The minimum Gasteiger partial charge on any atom is -0.415 e. The lowest BCUT2D eigenvalue weighted by Crippen LogP contribution is -2.41. The molecule has 0 atom stereocenters. The molecule has 9 nitrogen and oxygen atoms in total. The summed E-state index contributed by atoms with van der Waals surface area (Å²) in [6, 6.07) is 14.6. The maximum absolute atomic E-state index is 12.6. The van der Waals surface area contributed by atoms with E-state index in [1.807, 2.05) is 38.2 Å². The topological polar surface area (TPSA) is 114 Å². The van der Waals surface area contributed by atoms with Gasteiger partial charge in [-0.05, 0) is 50.2 Å². The molecular weight excluding hydrogens is 452 g/mol. The van der Waals surface area contributed by atoms with Crippen LogP contribution in [-0.2, 0) is 16.6 Å². The van der Waals surface area contributed by atoms with E-state index in [4.69, 9.17) is 4.42 Å². The largest absolute Gasteiger partial charge is 0.415 e. The fourth-order valence-electron chi connectivity index (χ4n) is 3.67. The van der Waals surface area contributed by atoms with Gasteiger partial charge in [0.1, 0.15) is 5.69 Å². The third kappa shape index (κ3) is 4.23. The number of sulfonamides is 1. The molecule has 1 fully saturated rings. The van der Waals surface area contributed by atoms with Crippen LogP contribution in [0.2, 0.25) is 0 Å². The summed E-state index contributed by atoms with van der Waals surface area (Å²) in [7, 11) is -1.53. The number of nitrogens with one attached hydrogen (secondary N) is 1. The number of aromatic nitrogens is 4. The van der Waals surface area contributed by atoms with Gasteiger partial charge in [-0.25, -0.2) is 13.4 Å². The van der Waals surface area contributed by atoms with Crippen molar-refractivity contribution in [3.63, 3.8) is 0 Å². The van der Waals surface area contributed by atoms with Crippen molar-refractivity contribution in [2.45, 2.75) is 24.8 Å². The minimum atomic E-state index is -3.43. The van der Waals surface area contributed by atoms with Gasteiger partial charge in [0.15, 0.2) is 0 Å². The molecule has 1 N–H and O–H groups in total. The van der Waals surface area contributed by atoms with Gasteiger partial charge in [0, 0.05) is 30.8 Å². The second kappa shape index (κ2) is 9.05. The second-order valence-electron chi connectivity index (χ2n) is 8.11. The lowest BCUT2D eigenvalue weighted by molar-refractivity contribution is 0.309. The Labute approximate surface area is 197 Å². The lowest BCUT2D eigenvalue weighted by Gasteiger charge is -2.29. The van der Waals surface area contributed by atoms with Crippen LogP contribution in [0.15, 0.2) is 64.0 Å². The van der Waals surface area contributed by atoms with E-state index < -0.39 is 10.0 Å². The van der Waals surface area contributed by atoms with Crippen molar-refractivity contribution in [1.29, 1.82) is 0 Å². The van der Waals surface area contributed by atoms with Crippen molar-refractivity contribution in [2.75, 3.05) is 20.1 Å². The summed E-state index contributed by atoms with van der Waals surface area (Å²) >= 11 is 0. The molecule has 5 rings (SSSR count). The molecule has 2 aromatic heterocycles. The van der Waals surface area contributed by atoms with Gasteiger partial charge in [0.25, 0.3) is 5.89 Å². The molecule has 3 heterocycles. The van der Waals surface area contributed by atoms with Crippen LogP contribution in [0.5, 0.6) is 0 Å². The average molecular weight is 477 g/mol. The summed E-state index contributed by atoms with van der Waals surface area (Å²) in [4.78, 5) is 9.41. The molecule has 0 amide bonds. The third-order valence-electron chi connectivity index (χ3n) is 5.77. The van der Waals surface area contributed by atoms with Crippen molar-refractivity contribution >= 4 is 10.0 Å². The van der Waals surface area contributed by atoms with E-state index in [1.165, 1.54) is 4.31 Å². The van der Waals surface area contributed by atoms with Gasteiger partial charge < -0.3 is 9.73 Å². The Morgan fingerprint density at radius 2 is 1.65 bits per heavy atom. The van der Waals surface area contributed by atoms with Crippen molar-refractivity contribution in [2.24, 2.45) is 0 Å². The lowest BCUT2D eigenvalue weighted by atomic mass is 10.1. The van der Waals surface area contributed by atoms with Crippen molar-refractivity contribution in [3.8, 4) is 34.3 Å². The van der Waals surface area contributed by atoms with E-state index in [0.717, 1.165) is 29.7 Å². The number of nitrogens with zero attached hydrogens (tertiary/aromatic N) is 5. The van der Waals surface area contributed by atoms with Gasteiger partial charge in [-0.3, -0.25) is 4.98 Å². The SMILES string of the molecule is CNCc1ccc(-c2nnc(-c3nc(-c4ccc(S(=O)(=O)N5CCC5)cc4)cnc3C)o2)cc1. The zero-order valence-electron chi connectivity index (χ0n) is 18.9. The Morgan fingerprint density at radius 1 is 0.971 bits per heavy atom. The van der Waals surface area contributed by atoms with Crippen molar-refractivity contribution < 1.29 is 12.8 Å². The average Bonchev–Trinajstić information content (AvgIpc) is 3.29. The smallest absolute Gasteiger partial charge is 0.268 e. The number of aryl methyl sites for hydroxylation is 1. The van der Waals surface area contributed by atoms with Crippen LogP contribution in [0.4, 0.5) is 0 Å². The van der Waals surface area contributed by atoms with E-state index in [0.29, 0.717) is 36.1 Å². The molecular formula is C24H24N6O3S. The van der Waals surface area contributed by atoms with Crippen molar-refractivity contribution in [3.05, 3.63) is 66.0 Å². The quantitative estimate of drug-likeness (QED) is 0.432. The van der Waals surface area contributed by atoms with E-state index in [9.17, 15) is 8.42 Å². The minimum absolute atomic E-state index is 0.276. The molecule has 1 aliphatic rings. The van der Waals surface area contributed by atoms with Gasteiger partial charge >= 0.3 is 0 Å². The summed E-state index contributed by atoms with van der Waals surface area (Å²) in [5.74, 6) is 0.677. The zero-order chi connectivity index (χ0) is 23.7. The van der Waals surface area contributed by atoms with Crippen LogP contribution in [0.25, 0.3) is 34.3 Å². The monoisotopic (exact) mass is 476 g/mol. The molecule has 4 aromatic rings. The predicted molar refractivity (Wildman–Crippen MR) is 127 cm³/mol. The molecule has 0 aliphatic carbocycles. The Morgan fingerprint density at radius 3 is 2.29 bits per heavy atom. The number of benzene rings is 2. The molecule has 1 saturated heterocycles. The Hall–Kier alpha value is -3.47. The molecule has 0 bridgehead atoms. The molecule has 2 aromatic carbocycles.